The van der Waals surface area contributed by atoms with Gasteiger partial charge in [-0.25, -0.2) is 0 Å². The van der Waals surface area contributed by atoms with Gasteiger partial charge in [0.25, 0.3) is 0 Å². The van der Waals surface area contributed by atoms with Crippen LogP contribution in [0.25, 0.3) is 0 Å². The van der Waals surface area contributed by atoms with Crippen LogP contribution in [0, 0.1) is 23.7 Å². The van der Waals surface area contributed by atoms with E-state index in [2.05, 4.69) is 41.1 Å². The second-order valence-electron chi connectivity index (χ2n) is 4.24. The van der Waals surface area contributed by atoms with E-state index in [9.17, 15) is 0 Å². The molecule has 74 valence electrons. The number of nitriles is 1. The summed E-state index contributed by atoms with van der Waals surface area (Å²) in [6, 6.07) is 8.52. The molecule has 0 aromatic heterocycles. The van der Waals surface area contributed by atoms with E-state index < -0.39 is 0 Å². The van der Waals surface area contributed by atoms with E-state index in [0.717, 1.165) is 10.9 Å². The van der Waals surface area contributed by atoms with Crippen LogP contribution in [0.4, 0.5) is 0 Å². The molecule has 0 saturated heterocycles. The smallest absolute Gasteiger partial charge is 0.0687 e. The quantitative estimate of drug-likeness (QED) is 0.784. The van der Waals surface area contributed by atoms with Crippen LogP contribution in [0.5, 0.6) is 0 Å². The van der Waals surface area contributed by atoms with Crippen molar-refractivity contribution < 1.29 is 0 Å². The van der Waals surface area contributed by atoms with Crippen LogP contribution >= 0.6 is 15.9 Å². The van der Waals surface area contributed by atoms with Gasteiger partial charge in [0.2, 0.25) is 0 Å². The van der Waals surface area contributed by atoms with Gasteiger partial charge in [0.1, 0.15) is 0 Å². The lowest BCUT2D eigenvalue weighted by molar-refractivity contribution is 0.492. The second-order valence-corrected chi connectivity index (χ2v) is 5.16. The lowest BCUT2D eigenvalue weighted by atomic mass is 9.86. The van der Waals surface area contributed by atoms with Gasteiger partial charge in [-0.05, 0) is 50.5 Å². The van der Waals surface area contributed by atoms with Gasteiger partial charge in [-0.15, -0.1) is 0 Å². The van der Waals surface area contributed by atoms with E-state index in [4.69, 9.17) is 5.26 Å². The summed E-state index contributed by atoms with van der Waals surface area (Å²) in [5, 5.41) is 8.95. The van der Waals surface area contributed by atoms with E-state index in [1.807, 2.05) is 19.9 Å². The molecule has 1 nitrogen and oxygen atoms in total. The first-order valence-electron chi connectivity index (χ1n) is 4.61. The highest BCUT2D eigenvalue weighted by Crippen LogP contribution is 2.25. The molecule has 14 heavy (non-hydrogen) atoms. The maximum Gasteiger partial charge on any atom is 0.0687 e. The molecule has 2 heteroatoms. The van der Waals surface area contributed by atoms with Crippen molar-refractivity contribution in [1.29, 1.82) is 5.26 Å². The summed E-state index contributed by atoms with van der Waals surface area (Å²) < 4.78 is 1.08. The van der Waals surface area contributed by atoms with Crippen LogP contribution in [0.15, 0.2) is 22.7 Å². The second kappa shape index (κ2) is 4.14. The fourth-order valence-electron chi connectivity index (χ4n) is 1.35. The number of hydrogen-bond acceptors (Lipinski definition) is 1. The van der Waals surface area contributed by atoms with Crippen molar-refractivity contribution in [2.24, 2.45) is 5.41 Å². The zero-order valence-electron chi connectivity index (χ0n) is 8.76. The lowest BCUT2D eigenvalue weighted by Gasteiger charge is -2.16. The van der Waals surface area contributed by atoms with Crippen molar-refractivity contribution >= 4 is 15.9 Å². The molecule has 1 rings (SSSR count). The van der Waals surface area contributed by atoms with Crippen LogP contribution in [-0.4, -0.2) is 0 Å². The predicted molar refractivity (Wildman–Crippen MR) is 62.0 cm³/mol. The summed E-state index contributed by atoms with van der Waals surface area (Å²) in [7, 11) is 0. The monoisotopic (exact) mass is 251 g/mol. The molecular formula is C12H14BrN. The Bertz CT molecular complexity index is 374. The van der Waals surface area contributed by atoms with Gasteiger partial charge in [0.15, 0.2) is 0 Å². The molecule has 0 amide bonds. The van der Waals surface area contributed by atoms with E-state index in [0.29, 0.717) is 0 Å². The first-order valence-corrected chi connectivity index (χ1v) is 5.40. The van der Waals surface area contributed by atoms with Crippen molar-refractivity contribution in [3.8, 4) is 6.07 Å². The molecule has 1 aromatic carbocycles. The summed E-state index contributed by atoms with van der Waals surface area (Å²) in [5.74, 6) is 0. The third-order valence-corrected chi connectivity index (χ3v) is 2.74. The number of rotatable bonds is 2. The van der Waals surface area contributed by atoms with Crippen molar-refractivity contribution in [1.82, 2.24) is 0 Å². The maximum atomic E-state index is 8.95. The molecule has 0 bridgehead atoms. The van der Waals surface area contributed by atoms with Gasteiger partial charge < -0.3 is 0 Å². The summed E-state index contributed by atoms with van der Waals surface area (Å²) in [5.41, 5.74) is 2.20. The minimum Gasteiger partial charge on any atom is -0.198 e. The molecule has 0 saturated carbocycles. The SMILES string of the molecule is Cc1ccc(Br)cc1CC(C)(C)C#N. The fraction of sp³-hybridized carbons (Fsp3) is 0.417. The molecule has 1 aromatic rings. The van der Waals surface area contributed by atoms with Crippen molar-refractivity contribution in [3.63, 3.8) is 0 Å². The highest BCUT2D eigenvalue weighted by Gasteiger charge is 2.18. The number of benzene rings is 1. The first-order chi connectivity index (χ1) is 6.44. The number of nitrogens with zero attached hydrogens (tertiary/aromatic N) is 1. The van der Waals surface area contributed by atoms with E-state index in [1.54, 1.807) is 0 Å². The van der Waals surface area contributed by atoms with Gasteiger partial charge in [0.05, 0.1) is 11.5 Å². The van der Waals surface area contributed by atoms with Gasteiger partial charge >= 0.3 is 0 Å². The minimum atomic E-state index is -0.286. The van der Waals surface area contributed by atoms with Crippen LogP contribution in [0.1, 0.15) is 25.0 Å². The Kier molecular flexibility index (Phi) is 3.34. The normalized spacial score (nSPS) is 11.1. The Labute approximate surface area is 93.9 Å². The van der Waals surface area contributed by atoms with Crippen molar-refractivity contribution in [3.05, 3.63) is 33.8 Å². The molecule has 0 N–H and O–H groups in total. The lowest BCUT2D eigenvalue weighted by Crippen LogP contribution is -2.12. The average molecular weight is 252 g/mol. The Balaban J connectivity index is 2.98. The maximum absolute atomic E-state index is 8.95. The molecule has 0 spiro atoms. The standard InChI is InChI=1S/C12H14BrN/c1-9-4-5-11(13)6-10(9)7-12(2,3)8-14/h4-6H,7H2,1-3H3. The molecule has 0 aliphatic heterocycles. The van der Waals surface area contributed by atoms with Crippen molar-refractivity contribution in [2.75, 3.05) is 0 Å². The Morgan fingerprint density at radius 1 is 1.43 bits per heavy atom. The van der Waals surface area contributed by atoms with Gasteiger partial charge in [-0.1, -0.05) is 22.0 Å². The van der Waals surface area contributed by atoms with Crippen LogP contribution in [0.2, 0.25) is 0 Å². The molecule has 0 radical (unpaired) electrons. The molecule has 0 heterocycles. The van der Waals surface area contributed by atoms with Crippen LogP contribution in [-0.2, 0) is 6.42 Å². The Morgan fingerprint density at radius 2 is 2.07 bits per heavy atom. The Hall–Kier alpha value is -0.810. The van der Waals surface area contributed by atoms with Crippen molar-refractivity contribution in [2.45, 2.75) is 27.2 Å². The van der Waals surface area contributed by atoms with E-state index >= 15 is 0 Å². The highest BCUT2D eigenvalue weighted by atomic mass is 79.9. The molecule has 0 fully saturated rings. The zero-order chi connectivity index (χ0) is 10.8. The highest BCUT2D eigenvalue weighted by molar-refractivity contribution is 9.10. The van der Waals surface area contributed by atoms with Gasteiger partial charge in [-0.3, -0.25) is 0 Å². The van der Waals surface area contributed by atoms with E-state index in [1.165, 1.54) is 11.1 Å². The fourth-order valence-corrected chi connectivity index (χ4v) is 1.75. The largest absolute Gasteiger partial charge is 0.198 e. The van der Waals surface area contributed by atoms with Crippen LogP contribution in [0.3, 0.4) is 0 Å². The molecule has 0 aliphatic carbocycles. The third-order valence-electron chi connectivity index (χ3n) is 2.25. The summed E-state index contributed by atoms with van der Waals surface area (Å²) >= 11 is 3.44. The zero-order valence-corrected chi connectivity index (χ0v) is 10.4. The number of aryl methyl sites for hydroxylation is 1. The van der Waals surface area contributed by atoms with Crippen LogP contribution < -0.4 is 0 Å². The average Bonchev–Trinajstić information content (AvgIpc) is 2.11. The third kappa shape index (κ3) is 2.85. The number of hydrogen-bond donors (Lipinski definition) is 0. The number of halogens is 1. The van der Waals surface area contributed by atoms with Gasteiger partial charge in [0, 0.05) is 4.47 Å². The Morgan fingerprint density at radius 3 is 2.64 bits per heavy atom. The summed E-state index contributed by atoms with van der Waals surface area (Å²) in [6.45, 7) is 6.01. The first kappa shape index (κ1) is 11.3. The predicted octanol–water partition coefficient (Wildman–Crippen LogP) is 3.85. The van der Waals surface area contributed by atoms with E-state index in [-0.39, 0.29) is 5.41 Å². The summed E-state index contributed by atoms with van der Waals surface area (Å²) in [6.07, 6.45) is 0.800. The molecule has 0 atom stereocenters. The molecule has 0 aliphatic rings. The minimum absolute atomic E-state index is 0.286. The van der Waals surface area contributed by atoms with Gasteiger partial charge in [-0.2, -0.15) is 5.26 Å². The summed E-state index contributed by atoms with van der Waals surface area (Å²) in [4.78, 5) is 0. The molecular weight excluding hydrogens is 238 g/mol. The molecule has 0 unspecified atom stereocenters. The topological polar surface area (TPSA) is 23.8 Å².